The smallest absolute Gasteiger partial charge is 0.210 e. The lowest BCUT2D eigenvalue weighted by atomic mass is 11.3. The Balaban J connectivity index is 2.37. The van der Waals surface area contributed by atoms with Crippen molar-refractivity contribution in [1.29, 1.82) is 0 Å². The lowest BCUT2D eigenvalue weighted by Crippen LogP contribution is -2.11. The molecular formula is CH4N2O2S. The molecule has 0 radical (unpaired) electrons. The zero-order valence-corrected chi connectivity index (χ0v) is 3.75. The highest BCUT2D eigenvalue weighted by atomic mass is 32.2. The normalized spacial score (nSPS) is 34.3. The first-order valence-corrected chi connectivity index (χ1v) is 2.52. The third-order valence-corrected chi connectivity index (χ3v) is 1.05. The SMILES string of the molecule is O=S1NCNO1. The lowest BCUT2D eigenvalue weighted by Gasteiger charge is -1.76. The van der Waals surface area contributed by atoms with Crippen LogP contribution in [0.3, 0.4) is 0 Å². The number of nitrogens with one attached hydrogen (secondary N) is 2. The van der Waals surface area contributed by atoms with Crippen LogP contribution in [0.5, 0.6) is 0 Å². The van der Waals surface area contributed by atoms with Crippen molar-refractivity contribution in [3.63, 3.8) is 0 Å². The van der Waals surface area contributed by atoms with Crippen LogP contribution < -0.4 is 10.2 Å². The van der Waals surface area contributed by atoms with Crippen molar-refractivity contribution in [1.82, 2.24) is 10.2 Å². The molecule has 1 aliphatic heterocycles. The predicted octanol–water partition coefficient (Wildman–Crippen LogP) is -1.35. The Bertz CT molecular complexity index is 65.9. The molecule has 0 aromatic carbocycles. The van der Waals surface area contributed by atoms with Crippen molar-refractivity contribution < 1.29 is 8.49 Å². The fourth-order valence-corrected chi connectivity index (χ4v) is 0.602. The summed E-state index contributed by atoms with van der Waals surface area (Å²) >= 11 is -1.28. The van der Waals surface area contributed by atoms with E-state index >= 15 is 0 Å². The van der Waals surface area contributed by atoms with E-state index in [1.807, 2.05) is 0 Å². The molecule has 1 heterocycles. The van der Waals surface area contributed by atoms with Gasteiger partial charge in [-0.15, -0.1) is 0 Å². The van der Waals surface area contributed by atoms with E-state index in [4.69, 9.17) is 0 Å². The van der Waals surface area contributed by atoms with Crippen LogP contribution in [0.4, 0.5) is 0 Å². The van der Waals surface area contributed by atoms with E-state index in [0.29, 0.717) is 6.67 Å². The van der Waals surface area contributed by atoms with Crippen molar-refractivity contribution in [2.45, 2.75) is 0 Å². The van der Waals surface area contributed by atoms with Crippen molar-refractivity contribution in [2.75, 3.05) is 6.67 Å². The van der Waals surface area contributed by atoms with Crippen LogP contribution >= 0.6 is 0 Å². The first-order chi connectivity index (χ1) is 2.89. The molecule has 1 saturated heterocycles. The standard InChI is InChI=1S/CH4N2O2S/c4-6-3-1-2-5-6/h2-3H,1H2. The number of rotatable bonds is 0. The van der Waals surface area contributed by atoms with E-state index in [2.05, 4.69) is 14.5 Å². The van der Waals surface area contributed by atoms with Crippen LogP contribution in [0.15, 0.2) is 0 Å². The number of hydrogen-bond donors (Lipinski definition) is 2. The molecule has 5 heteroatoms. The lowest BCUT2D eigenvalue weighted by molar-refractivity contribution is 0.256. The Morgan fingerprint density at radius 2 is 2.67 bits per heavy atom. The third-order valence-electron chi connectivity index (χ3n) is 0.397. The summed E-state index contributed by atoms with van der Waals surface area (Å²) in [5, 5.41) is 0. The third kappa shape index (κ3) is 0.749. The van der Waals surface area contributed by atoms with Crippen LogP contribution in [0.2, 0.25) is 0 Å². The maximum atomic E-state index is 9.96. The van der Waals surface area contributed by atoms with Crippen molar-refractivity contribution in [3.8, 4) is 0 Å². The van der Waals surface area contributed by atoms with E-state index in [9.17, 15) is 4.21 Å². The van der Waals surface area contributed by atoms with Crippen LogP contribution in [-0.4, -0.2) is 10.9 Å². The van der Waals surface area contributed by atoms with E-state index in [-0.39, 0.29) is 0 Å². The summed E-state index contributed by atoms with van der Waals surface area (Å²) in [5.41, 5.74) is 2.36. The van der Waals surface area contributed by atoms with Crippen LogP contribution in [-0.2, 0) is 15.6 Å². The molecule has 1 atom stereocenters. The van der Waals surface area contributed by atoms with Gasteiger partial charge < -0.3 is 0 Å². The number of hydrogen-bond acceptors (Lipinski definition) is 3. The average Bonchev–Trinajstić information content (AvgIpc) is 1.86. The summed E-state index contributed by atoms with van der Waals surface area (Å²) in [4.78, 5) is 0. The minimum Gasteiger partial charge on any atom is -0.210 e. The minimum atomic E-state index is -1.28. The van der Waals surface area contributed by atoms with Gasteiger partial charge in [-0.1, -0.05) is 0 Å². The second-order valence-electron chi connectivity index (χ2n) is 0.783. The van der Waals surface area contributed by atoms with Gasteiger partial charge in [-0.2, -0.15) is 14.5 Å². The van der Waals surface area contributed by atoms with Crippen LogP contribution in [0, 0.1) is 0 Å². The Kier molecular flexibility index (Phi) is 1.16. The highest BCUT2D eigenvalue weighted by molar-refractivity contribution is 7.78. The van der Waals surface area contributed by atoms with Gasteiger partial charge in [-0.05, 0) is 0 Å². The molecule has 6 heavy (non-hydrogen) atoms. The molecule has 0 aromatic heterocycles. The van der Waals surface area contributed by atoms with Crippen LogP contribution in [0.25, 0.3) is 0 Å². The Labute approximate surface area is 37.6 Å². The summed E-state index contributed by atoms with van der Waals surface area (Å²) in [7, 11) is 0. The quantitative estimate of drug-likeness (QED) is 0.403. The van der Waals surface area contributed by atoms with Gasteiger partial charge in [0, 0.05) is 0 Å². The fourth-order valence-electron chi connectivity index (χ4n) is 0.201. The fraction of sp³-hybridized carbons (Fsp3) is 1.00. The van der Waals surface area contributed by atoms with Crippen LogP contribution in [0.1, 0.15) is 0 Å². The van der Waals surface area contributed by atoms with E-state index < -0.39 is 11.3 Å². The molecule has 0 spiro atoms. The zero-order chi connectivity index (χ0) is 4.41. The van der Waals surface area contributed by atoms with Gasteiger partial charge in [0.2, 0.25) is 0 Å². The summed E-state index contributed by atoms with van der Waals surface area (Å²) in [6.45, 7) is 0.465. The molecule has 4 nitrogen and oxygen atoms in total. The Morgan fingerprint density at radius 1 is 1.83 bits per heavy atom. The Hall–Kier alpha value is 0.0300. The molecule has 36 valence electrons. The monoisotopic (exact) mass is 108 g/mol. The van der Waals surface area contributed by atoms with Gasteiger partial charge >= 0.3 is 0 Å². The molecule has 1 aliphatic rings. The molecule has 0 amide bonds. The molecule has 0 aromatic rings. The van der Waals surface area contributed by atoms with Crippen molar-refractivity contribution in [3.05, 3.63) is 0 Å². The average molecular weight is 108 g/mol. The summed E-state index contributed by atoms with van der Waals surface area (Å²) in [5.74, 6) is 0. The molecule has 0 saturated carbocycles. The summed E-state index contributed by atoms with van der Waals surface area (Å²) < 4.78 is 16.7. The number of hydroxylamine groups is 1. The van der Waals surface area contributed by atoms with Gasteiger partial charge in [-0.3, -0.25) is 0 Å². The summed E-state index contributed by atoms with van der Waals surface area (Å²) in [6, 6.07) is 0. The van der Waals surface area contributed by atoms with E-state index in [1.54, 1.807) is 0 Å². The van der Waals surface area contributed by atoms with E-state index in [1.165, 1.54) is 0 Å². The highest BCUT2D eigenvalue weighted by Crippen LogP contribution is 1.78. The van der Waals surface area contributed by atoms with Gasteiger partial charge in [0.15, 0.2) is 0 Å². The zero-order valence-electron chi connectivity index (χ0n) is 2.93. The second kappa shape index (κ2) is 1.65. The summed E-state index contributed by atoms with van der Waals surface area (Å²) in [6.07, 6.45) is 0. The maximum Gasteiger partial charge on any atom is 0.253 e. The molecule has 0 bridgehead atoms. The molecular weight excluding hydrogens is 104 g/mol. The predicted molar refractivity (Wildman–Crippen MR) is 20.4 cm³/mol. The second-order valence-corrected chi connectivity index (χ2v) is 1.71. The van der Waals surface area contributed by atoms with Crippen molar-refractivity contribution in [2.24, 2.45) is 0 Å². The Morgan fingerprint density at radius 3 is 2.83 bits per heavy atom. The highest BCUT2D eigenvalue weighted by Gasteiger charge is 2.03. The molecule has 1 fully saturated rings. The topological polar surface area (TPSA) is 50.4 Å². The minimum absolute atomic E-state index is 0.465. The molecule has 0 aliphatic carbocycles. The van der Waals surface area contributed by atoms with Gasteiger partial charge in [0.05, 0.1) is 6.67 Å². The van der Waals surface area contributed by atoms with Gasteiger partial charge in [-0.25, -0.2) is 4.21 Å². The first kappa shape index (κ1) is 4.20. The molecule has 1 unspecified atom stereocenters. The maximum absolute atomic E-state index is 9.96. The van der Waals surface area contributed by atoms with E-state index in [0.717, 1.165) is 0 Å². The van der Waals surface area contributed by atoms with Crippen molar-refractivity contribution >= 4 is 11.3 Å². The molecule has 1 rings (SSSR count). The largest absolute Gasteiger partial charge is 0.253 e. The molecule has 2 N–H and O–H groups in total. The van der Waals surface area contributed by atoms with Gasteiger partial charge in [0.1, 0.15) is 0 Å². The van der Waals surface area contributed by atoms with Gasteiger partial charge in [0.25, 0.3) is 11.3 Å². The first-order valence-electron chi connectivity index (χ1n) is 1.45.